The molecule has 0 atom stereocenters. The number of imidazole rings is 1. The van der Waals surface area contributed by atoms with Crippen molar-refractivity contribution >= 4 is 11.5 Å². The second kappa shape index (κ2) is 4.68. The Bertz CT molecular complexity index is 703. The van der Waals surface area contributed by atoms with Gasteiger partial charge in [-0.2, -0.15) is 0 Å². The quantitative estimate of drug-likeness (QED) is 0.783. The number of aryl methyl sites for hydroxylation is 1. The molecule has 0 unspecified atom stereocenters. The van der Waals surface area contributed by atoms with Crippen molar-refractivity contribution in [1.29, 1.82) is 0 Å². The first-order valence-corrected chi connectivity index (χ1v) is 6.00. The first-order chi connectivity index (χ1) is 9.22. The molecule has 0 spiro atoms. The van der Waals surface area contributed by atoms with Crippen LogP contribution >= 0.6 is 0 Å². The van der Waals surface area contributed by atoms with Crippen molar-refractivity contribution in [3.05, 3.63) is 59.9 Å². The van der Waals surface area contributed by atoms with Crippen LogP contribution in [0.2, 0.25) is 0 Å². The third kappa shape index (κ3) is 2.40. The zero-order chi connectivity index (χ0) is 13.2. The fourth-order valence-corrected chi connectivity index (χ4v) is 1.93. The fourth-order valence-electron chi connectivity index (χ4n) is 1.93. The third-order valence-corrected chi connectivity index (χ3v) is 2.91. The lowest BCUT2D eigenvalue weighted by molar-refractivity contribution is 0.621. The summed E-state index contributed by atoms with van der Waals surface area (Å²) in [7, 11) is 0. The first kappa shape index (κ1) is 11.6. The summed E-state index contributed by atoms with van der Waals surface area (Å²) < 4.78 is 14.8. The van der Waals surface area contributed by atoms with Gasteiger partial charge < -0.3 is 9.72 Å². The molecule has 0 aromatic carbocycles. The molecule has 3 rings (SSSR count). The van der Waals surface area contributed by atoms with Gasteiger partial charge in [-0.05, 0) is 30.7 Å². The molecule has 0 aliphatic heterocycles. The van der Waals surface area contributed by atoms with Crippen molar-refractivity contribution in [2.24, 2.45) is 0 Å². The van der Waals surface area contributed by atoms with Gasteiger partial charge in [0, 0.05) is 6.20 Å². The SMILES string of the molecule is Cc1ccc2ncc(CNc3ccc(F)cn3)n2c1. The summed E-state index contributed by atoms with van der Waals surface area (Å²) in [6, 6.07) is 7.01. The summed E-state index contributed by atoms with van der Waals surface area (Å²) in [6.45, 7) is 2.63. The Labute approximate surface area is 109 Å². The van der Waals surface area contributed by atoms with Gasteiger partial charge in [-0.3, -0.25) is 0 Å². The lowest BCUT2D eigenvalue weighted by Gasteiger charge is -2.05. The summed E-state index contributed by atoms with van der Waals surface area (Å²) in [5.74, 6) is 0.306. The molecule has 0 fully saturated rings. The number of halogens is 1. The third-order valence-electron chi connectivity index (χ3n) is 2.91. The molecule has 1 N–H and O–H groups in total. The Morgan fingerprint density at radius 2 is 2.05 bits per heavy atom. The highest BCUT2D eigenvalue weighted by Crippen LogP contribution is 2.11. The molecule has 0 aliphatic carbocycles. The number of rotatable bonds is 3. The maximum atomic E-state index is 12.7. The van der Waals surface area contributed by atoms with Crippen molar-refractivity contribution in [3.8, 4) is 0 Å². The summed E-state index contributed by atoms with van der Waals surface area (Å²) in [6.07, 6.45) is 5.06. The van der Waals surface area contributed by atoms with E-state index < -0.39 is 0 Å². The molecular formula is C14H13FN4. The predicted octanol–water partition coefficient (Wildman–Crippen LogP) is 2.79. The zero-order valence-electron chi connectivity index (χ0n) is 10.5. The average Bonchev–Trinajstić information content (AvgIpc) is 2.80. The Morgan fingerprint density at radius 1 is 1.16 bits per heavy atom. The monoisotopic (exact) mass is 256 g/mol. The molecule has 3 aromatic rings. The van der Waals surface area contributed by atoms with Gasteiger partial charge >= 0.3 is 0 Å². The van der Waals surface area contributed by atoms with Gasteiger partial charge in [-0.25, -0.2) is 14.4 Å². The molecule has 4 nitrogen and oxygen atoms in total. The molecule has 0 amide bonds. The van der Waals surface area contributed by atoms with E-state index in [1.165, 1.54) is 17.8 Å². The first-order valence-electron chi connectivity index (χ1n) is 6.00. The molecule has 0 bridgehead atoms. The van der Waals surface area contributed by atoms with Crippen LogP contribution in [-0.2, 0) is 6.54 Å². The van der Waals surface area contributed by atoms with E-state index in [4.69, 9.17) is 0 Å². The molecule has 3 aromatic heterocycles. The smallest absolute Gasteiger partial charge is 0.141 e. The van der Waals surface area contributed by atoms with Crippen LogP contribution in [0.25, 0.3) is 5.65 Å². The van der Waals surface area contributed by atoms with Crippen LogP contribution in [0.1, 0.15) is 11.3 Å². The van der Waals surface area contributed by atoms with Crippen molar-refractivity contribution in [2.75, 3.05) is 5.32 Å². The average molecular weight is 256 g/mol. The van der Waals surface area contributed by atoms with Crippen LogP contribution in [0, 0.1) is 12.7 Å². The molecule has 96 valence electrons. The van der Waals surface area contributed by atoms with Gasteiger partial charge in [-0.15, -0.1) is 0 Å². The topological polar surface area (TPSA) is 42.2 Å². The second-order valence-electron chi connectivity index (χ2n) is 4.40. The van der Waals surface area contributed by atoms with E-state index in [0.29, 0.717) is 12.4 Å². The van der Waals surface area contributed by atoms with E-state index in [1.807, 2.05) is 35.9 Å². The maximum Gasteiger partial charge on any atom is 0.141 e. The molecule has 0 aliphatic rings. The second-order valence-corrected chi connectivity index (χ2v) is 4.40. The minimum Gasteiger partial charge on any atom is -0.364 e. The fraction of sp³-hybridized carbons (Fsp3) is 0.143. The van der Waals surface area contributed by atoms with Gasteiger partial charge in [0.25, 0.3) is 0 Å². The molecule has 0 saturated heterocycles. The van der Waals surface area contributed by atoms with E-state index >= 15 is 0 Å². The van der Waals surface area contributed by atoms with E-state index in [0.717, 1.165) is 11.3 Å². The standard InChI is InChI=1S/C14H13FN4/c1-10-2-5-14-18-8-12(19(14)9-10)7-17-13-4-3-11(15)6-16-13/h2-6,8-9H,7H2,1H3,(H,16,17). The molecular weight excluding hydrogens is 243 g/mol. The largest absolute Gasteiger partial charge is 0.364 e. The molecule has 19 heavy (non-hydrogen) atoms. The lowest BCUT2D eigenvalue weighted by Crippen LogP contribution is -2.04. The van der Waals surface area contributed by atoms with Crippen LogP contribution in [0.4, 0.5) is 10.2 Å². The van der Waals surface area contributed by atoms with E-state index in [-0.39, 0.29) is 5.82 Å². The molecule has 5 heteroatoms. The minimum absolute atomic E-state index is 0.337. The number of nitrogens with one attached hydrogen (secondary N) is 1. The van der Waals surface area contributed by atoms with Crippen molar-refractivity contribution < 1.29 is 4.39 Å². The summed E-state index contributed by atoms with van der Waals surface area (Å²) in [5.41, 5.74) is 3.12. The van der Waals surface area contributed by atoms with Crippen LogP contribution in [0.3, 0.4) is 0 Å². The molecule has 3 heterocycles. The van der Waals surface area contributed by atoms with Gasteiger partial charge in [-0.1, -0.05) is 6.07 Å². The number of hydrogen-bond donors (Lipinski definition) is 1. The minimum atomic E-state index is -0.337. The Balaban J connectivity index is 1.81. The van der Waals surface area contributed by atoms with Gasteiger partial charge in [0.2, 0.25) is 0 Å². The van der Waals surface area contributed by atoms with E-state index in [1.54, 1.807) is 6.07 Å². The summed E-state index contributed by atoms with van der Waals surface area (Å²) in [5, 5.41) is 3.15. The van der Waals surface area contributed by atoms with E-state index in [9.17, 15) is 4.39 Å². The van der Waals surface area contributed by atoms with Crippen LogP contribution in [-0.4, -0.2) is 14.4 Å². The number of nitrogens with zero attached hydrogens (tertiary/aromatic N) is 3. The normalized spacial score (nSPS) is 10.8. The van der Waals surface area contributed by atoms with Crippen molar-refractivity contribution in [1.82, 2.24) is 14.4 Å². The Hall–Kier alpha value is -2.43. The van der Waals surface area contributed by atoms with Gasteiger partial charge in [0.15, 0.2) is 0 Å². The number of fused-ring (bicyclic) bond motifs is 1. The summed E-state index contributed by atoms with van der Waals surface area (Å²) in [4.78, 5) is 8.29. The van der Waals surface area contributed by atoms with Crippen LogP contribution in [0.15, 0.2) is 42.9 Å². The van der Waals surface area contributed by atoms with Gasteiger partial charge in [0.1, 0.15) is 17.3 Å². The number of aromatic nitrogens is 3. The number of hydrogen-bond acceptors (Lipinski definition) is 3. The molecule has 0 radical (unpaired) electrons. The predicted molar refractivity (Wildman–Crippen MR) is 71.5 cm³/mol. The Kier molecular flexibility index (Phi) is 2.87. The van der Waals surface area contributed by atoms with Crippen molar-refractivity contribution in [3.63, 3.8) is 0 Å². The van der Waals surface area contributed by atoms with Crippen LogP contribution < -0.4 is 5.32 Å². The number of anilines is 1. The van der Waals surface area contributed by atoms with Crippen molar-refractivity contribution in [2.45, 2.75) is 13.5 Å². The maximum absolute atomic E-state index is 12.7. The highest BCUT2D eigenvalue weighted by Gasteiger charge is 2.03. The lowest BCUT2D eigenvalue weighted by atomic mass is 10.3. The highest BCUT2D eigenvalue weighted by molar-refractivity contribution is 5.43. The van der Waals surface area contributed by atoms with E-state index in [2.05, 4.69) is 15.3 Å². The van der Waals surface area contributed by atoms with Gasteiger partial charge in [0.05, 0.1) is 24.6 Å². The van der Waals surface area contributed by atoms with Crippen LogP contribution in [0.5, 0.6) is 0 Å². The zero-order valence-corrected chi connectivity index (χ0v) is 10.5. The Morgan fingerprint density at radius 3 is 2.84 bits per heavy atom. The summed E-state index contributed by atoms with van der Waals surface area (Å²) >= 11 is 0. The number of pyridine rings is 2. The molecule has 0 saturated carbocycles. The highest BCUT2D eigenvalue weighted by atomic mass is 19.1.